The summed E-state index contributed by atoms with van der Waals surface area (Å²) in [5.41, 5.74) is 2.73. The molecule has 5 rings (SSSR count). The molecule has 0 radical (unpaired) electrons. The molecule has 0 bridgehead atoms. The van der Waals surface area contributed by atoms with Crippen LogP contribution in [0.3, 0.4) is 0 Å². The number of ether oxygens (including phenoxy) is 3. The Morgan fingerprint density at radius 2 is 1.88 bits per heavy atom. The molecule has 25 heavy (non-hydrogen) atoms. The van der Waals surface area contributed by atoms with E-state index < -0.39 is 0 Å². The third kappa shape index (κ3) is 2.21. The van der Waals surface area contributed by atoms with Crippen LogP contribution in [0.25, 0.3) is 22.2 Å². The van der Waals surface area contributed by atoms with Crippen molar-refractivity contribution in [2.24, 2.45) is 0 Å². The standard InChI is InChI=1S/C19H17N3O3/c1-23-15-7-6-13-16-17(12-4-2-3-5-14(12)25-18(15)16)21-19(20-13)22-8-10-24-11-9-22/h2-7H,8-11H2,1H3. The first-order chi connectivity index (χ1) is 12.3. The topological polar surface area (TPSA) is 56.7 Å². The van der Waals surface area contributed by atoms with Crippen molar-refractivity contribution >= 4 is 16.9 Å². The van der Waals surface area contributed by atoms with Crippen LogP contribution in [0.1, 0.15) is 0 Å². The number of aromatic nitrogens is 2. The molecule has 2 aromatic carbocycles. The maximum atomic E-state index is 6.12. The van der Waals surface area contributed by atoms with Crippen molar-refractivity contribution in [1.29, 1.82) is 0 Å². The molecule has 2 aliphatic rings. The van der Waals surface area contributed by atoms with E-state index >= 15 is 0 Å². The number of nitrogens with zero attached hydrogens (tertiary/aromatic N) is 3. The first-order valence-electron chi connectivity index (χ1n) is 8.34. The minimum absolute atomic E-state index is 0.683. The number of hydrogen-bond donors (Lipinski definition) is 0. The summed E-state index contributed by atoms with van der Waals surface area (Å²) in [6.45, 7) is 2.99. The van der Waals surface area contributed by atoms with Gasteiger partial charge >= 0.3 is 0 Å². The van der Waals surface area contributed by atoms with Gasteiger partial charge in [-0.25, -0.2) is 9.97 Å². The van der Waals surface area contributed by atoms with E-state index in [9.17, 15) is 0 Å². The van der Waals surface area contributed by atoms with Crippen LogP contribution >= 0.6 is 0 Å². The monoisotopic (exact) mass is 335 g/mol. The van der Waals surface area contributed by atoms with Crippen molar-refractivity contribution in [3.05, 3.63) is 36.4 Å². The zero-order valence-corrected chi connectivity index (χ0v) is 13.9. The van der Waals surface area contributed by atoms with Crippen LogP contribution in [0, 0.1) is 0 Å². The molecule has 126 valence electrons. The normalized spacial score (nSPS) is 15.6. The Balaban J connectivity index is 1.79. The second-order valence-electron chi connectivity index (χ2n) is 6.06. The number of para-hydroxylation sites is 1. The fourth-order valence-corrected chi connectivity index (χ4v) is 3.39. The van der Waals surface area contributed by atoms with Gasteiger partial charge in [-0.05, 0) is 24.3 Å². The maximum absolute atomic E-state index is 6.12. The highest BCUT2D eigenvalue weighted by Gasteiger charge is 2.27. The van der Waals surface area contributed by atoms with Crippen molar-refractivity contribution < 1.29 is 14.2 Å². The number of benzene rings is 2. The Kier molecular flexibility index (Phi) is 3.24. The van der Waals surface area contributed by atoms with E-state index in [1.165, 1.54) is 0 Å². The van der Waals surface area contributed by atoms with Crippen molar-refractivity contribution in [2.75, 3.05) is 38.3 Å². The van der Waals surface area contributed by atoms with Gasteiger partial charge in [0.1, 0.15) is 5.75 Å². The highest BCUT2D eigenvalue weighted by atomic mass is 16.5. The molecule has 0 amide bonds. The number of anilines is 1. The van der Waals surface area contributed by atoms with E-state index in [1.807, 2.05) is 36.4 Å². The molecule has 0 spiro atoms. The summed E-state index contributed by atoms with van der Waals surface area (Å²) >= 11 is 0. The summed E-state index contributed by atoms with van der Waals surface area (Å²) in [6, 6.07) is 11.8. The highest BCUT2D eigenvalue weighted by Crippen LogP contribution is 2.49. The zero-order valence-electron chi connectivity index (χ0n) is 13.9. The Bertz CT molecular complexity index is 968. The van der Waals surface area contributed by atoms with Crippen molar-refractivity contribution in [1.82, 2.24) is 9.97 Å². The van der Waals surface area contributed by atoms with Gasteiger partial charge in [-0.1, -0.05) is 12.1 Å². The molecule has 0 N–H and O–H groups in total. The maximum Gasteiger partial charge on any atom is 0.226 e. The van der Waals surface area contributed by atoms with Gasteiger partial charge in [0.2, 0.25) is 5.95 Å². The van der Waals surface area contributed by atoms with Crippen LogP contribution in [0.2, 0.25) is 0 Å². The number of morpholine rings is 1. The van der Waals surface area contributed by atoms with Crippen LogP contribution in [-0.4, -0.2) is 43.4 Å². The molecule has 0 unspecified atom stereocenters. The number of rotatable bonds is 2. The first-order valence-corrected chi connectivity index (χ1v) is 8.34. The van der Waals surface area contributed by atoms with Crippen molar-refractivity contribution in [2.45, 2.75) is 0 Å². The molecule has 6 heteroatoms. The van der Waals surface area contributed by atoms with Crippen LogP contribution < -0.4 is 14.4 Å². The van der Waals surface area contributed by atoms with E-state index in [0.29, 0.717) is 24.7 Å². The average Bonchev–Trinajstić information content (AvgIpc) is 2.69. The van der Waals surface area contributed by atoms with Gasteiger partial charge in [0.15, 0.2) is 11.5 Å². The summed E-state index contributed by atoms with van der Waals surface area (Å²) in [4.78, 5) is 11.8. The van der Waals surface area contributed by atoms with Gasteiger partial charge < -0.3 is 19.1 Å². The average molecular weight is 335 g/mol. The van der Waals surface area contributed by atoms with Crippen molar-refractivity contribution in [3.8, 4) is 28.5 Å². The predicted octanol–water partition coefficient (Wildman–Crippen LogP) is 3.25. The molecule has 0 aliphatic carbocycles. The second kappa shape index (κ2) is 5.60. The lowest BCUT2D eigenvalue weighted by Crippen LogP contribution is -2.37. The van der Waals surface area contributed by atoms with Gasteiger partial charge in [-0.3, -0.25) is 0 Å². The fraction of sp³-hybridized carbons (Fsp3) is 0.263. The van der Waals surface area contributed by atoms with Gasteiger partial charge in [-0.15, -0.1) is 0 Å². The molecular weight excluding hydrogens is 318 g/mol. The summed E-state index contributed by atoms with van der Waals surface area (Å²) in [6.07, 6.45) is 0. The number of hydrogen-bond acceptors (Lipinski definition) is 6. The number of fused-ring (bicyclic) bond motifs is 2. The van der Waals surface area contributed by atoms with Gasteiger partial charge in [0.05, 0.1) is 36.9 Å². The lowest BCUT2D eigenvalue weighted by Gasteiger charge is -2.28. The molecule has 0 atom stereocenters. The summed E-state index contributed by atoms with van der Waals surface area (Å²) in [7, 11) is 1.64. The quantitative estimate of drug-likeness (QED) is 0.560. The fourth-order valence-electron chi connectivity index (χ4n) is 3.39. The minimum atomic E-state index is 0.683. The minimum Gasteiger partial charge on any atom is -0.493 e. The Morgan fingerprint density at radius 3 is 2.72 bits per heavy atom. The molecule has 0 saturated carbocycles. The molecule has 1 aromatic heterocycles. The Hall–Kier alpha value is -2.86. The highest BCUT2D eigenvalue weighted by molar-refractivity contribution is 6.02. The van der Waals surface area contributed by atoms with E-state index in [0.717, 1.165) is 46.9 Å². The molecule has 6 nitrogen and oxygen atoms in total. The number of methoxy groups -OCH3 is 1. The largest absolute Gasteiger partial charge is 0.493 e. The first kappa shape index (κ1) is 14.5. The molecule has 2 aliphatic heterocycles. The van der Waals surface area contributed by atoms with E-state index in [2.05, 4.69) is 4.90 Å². The molecule has 1 fully saturated rings. The third-order valence-electron chi connectivity index (χ3n) is 4.64. The van der Waals surface area contributed by atoms with Crippen LogP contribution in [0.4, 0.5) is 5.95 Å². The van der Waals surface area contributed by atoms with Gasteiger partial charge in [-0.2, -0.15) is 0 Å². The second-order valence-corrected chi connectivity index (χ2v) is 6.06. The molecule has 3 heterocycles. The summed E-state index contributed by atoms with van der Waals surface area (Å²) < 4.78 is 17.1. The molecule has 1 saturated heterocycles. The van der Waals surface area contributed by atoms with Crippen LogP contribution in [0.15, 0.2) is 36.4 Å². The lowest BCUT2D eigenvalue weighted by atomic mass is 10.0. The zero-order chi connectivity index (χ0) is 16.8. The summed E-state index contributed by atoms with van der Waals surface area (Å²) in [5, 5.41) is 0.898. The van der Waals surface area contributed by atoms with E-state index in [4.69, 9.17) is 24.2 Å². The predicted molar refractivity (Wildman–Crippen MR) is 94.6 cm³/mol. The van der Waals surface area contributed by atoms with Crippen molar-refractivity contribution in [3.63, 3.8) is 0 Å². The van der Waals surface area contributed by atoms with Crippen LogP contribution in [0.5, 0.6) is 17.2 Å². The summed E-state index contributed by atoms with van der Waals surface area (Å²) in [5.74, 6) is 2.89. The Morgan fingerprint density at radius 1 is 1.04 bits per heavy atom. The van der Waals surface area contributed by atoms with E-state index in [-0.39, 0.29) is 0 Å². The van der Waals surface area contributed by atoms with Gasteiger partial charge in [0.25, 0.3) is 0 Å². The molecule has 3 aromatic rings. The lowest BCUT2D eigenvalue weighted by molar-refractivity contribution is 0.122. The Labute approximate surface area is 145 Å². The third-order valence-corrected chi connectivity index (χ3v) is 4.64. The van der Waals surface area contributed by atoms with E-state index in [1.54, 1.807) is 7.11 Å². The molecular formula is C19H17N3O3. The van der Waals surface area contributed by atoms with Gasteiger partial charge in [0, 0.05) is 18.7 Å². The smallest absolute Gasteiger partial charge is 0.226 e. The van der Waals surface area contributed by atoms with Crippen LogP contribution in [-0.2, 0) is 4.74 Å². The SMILES string of the molecule is COc1ccc2nc(N3CCOCC3)nc3c2c1Oc1ccccc1-3.